The number of hydrogen-bond acceptors (Lipinski definition) is 6. The van der Waals surface area contributed by atoms with Gasteiger partial charge in [0.05, 0.1) is 0 Å². The van der Waals surface area contributed by atoms with Gasteiger partial charge in [0.15, 0.2) is 0 Å². The van der Waals surface area contributed by atoms with Crippen molar-refractivity contribution < 1.29 is 4.79 Å². The molecule has 4 rings (SSSR count). The summed E-state index contributed by atoms with van der Waals surface area (Å²) >= 11 is 0. The van der Waals surface area contributed by atoms with Gasteiger partial charge in [-0.2, -0.15) is 4.98 Å². The molecule has 1 amide bonds. The molecule has 31 heavy (non-hydrogen) atoms. The van der Waals surface area contributed by atoms with Crippen LogP contribution in [-0.2, 0) is 11.3 Å². The Morgan fingerprint density at radius 1 is 1.03 bits per heavy atom. The number of hydrogen-bond donors (Lipinski definition) is 2. The number of amides is 1. The van der Waals surface area contributed by atoms with Crippen molar-refractivity contribution in [3.63, 3.8) is 0 Å². The smallest absolute Gasteiger partial charge is 0.224 e. The third kappa shape index (κ3) is 6.17. The van der Waals surface area contributed by atoms with Gasteiger partial charge in [0.2, 0.25) is 11.9 Å². The molecule has 0 radical (unpaired) electrons. The number of nitrogens with one attached hydrogen (secondary N) is 2. The van der Waals surface area contributed by atoms with Gasteiger partial charge in [-0.3, -0.25) is 9.69 Å². The largest absolute Gasteiger partial charge is 0.357 e. The molecule has 2 aliphatic heterocycles. The van der Waals surface area contributed by atoms with E-state index in [1.807, 2.05) is 13.1 Å². The van der Waals surface area contributed by atoms with Crippen molar-refractivity contribution in [3.05, 3.63) is 48.2 Å². The molecule has 3 heterocycles. The summed E-state index contributed by atoms with van der Waals surface area (Å²) in [6, 6.07) is 12.9. The molecule has 2 aromatic rings. The van der Waals surface area contributed by atoms with E-state index in [-0.39, 0.29) is 5.91 Å². The number of anilines is 2. The van der Waals surface area contributed by atoms with Gasteiger partial charge < -0.3 is 15.5 Å². The monoisotopic (exact) mass is 422 g/mol. The lowest BCUT2D eigenvalue weighted by molar-refractivity contribution is -0.123. The van der Waals surface area contributed by atoms with E-state index < -0.39 is 0 Å². The fraction of sp³-hybridized carbons (Fsp3) is 0.542. The highest BCUT2D eigenvalue weighted by Crippen LogP contribution is 2.24. The minimum atomic E-state index is 0.222. The van der Waals surface area contributed by atoms with Crippen LogP contribution in [0.1, 0.15) is 37.7 Å². The Balaban J connectivity index is 1.16. The lowest BCUT2D eigenvalue weighted by atomic mass is 9.93. The Kier molecular flexibility index (Phi) is 7.35. The minimum Gasteiger partial charge on any atom is -0.357 e. The highest BCUT2D eigenvalue weighted by molar-refractivity contribution is 5.76. The maximum absolute atomic E-state index is 12.6. The summed E-state index contributed by atoms with van der Waals surface area (Å²) in [7, 11) is 1.83. The molecule has 7 heteroatoms. The van der Waals surface area contributed by atoms with Gasteiger partial charge in [0, 0.05) is 58.4 Å². The highest BCUT2D eigenvalue weighted by atomic mass is 16.1. The first-order chi connectivity index (χ1) is 15.2. The van der Waals surface area contributed by atoms with Crippen LogP contribution in [0.5, 0.6) is 0 Å². The van der Waals surface area contributed by atoms with Gasteiger partial charge in [-0.25, -0.2) is 4.98 Å². The molecule has 166 valence electrons. The molecule has 2 aliphatic rings. The van der Waals surface area contributed by atoms with E-state index in [0.717, 1.165) is 64.2 Å². The number of benzene rings is 1. The van der Waals surface area contributed by atoms with E-state index in [2.05, 4.69) is 60.7 Å². The van der Waals surface area contributed by atoms with E-state index in [1.54, 1.807) is 6.20 Å². The van der Waals surface area contributed by atoms with Crippen LogP contribution in [0.4, 0.5) is 11.8 Å². The molecule has 0 bridgehead atoms. The fourth-order valence-electron chi connectivity index (χ4n) is 4.64. The molecule has 0 atom stereocenters. The Morgan fingerprint density at radius 2 is 1.77 bits per heavy atom. The Hall–Kier alpha value is -2.67. The second-order valence-electron chi connectivity index (χ2n) is 8.73. The molecular weight excluding hydrogens is 388 g/mol. The molecule has 7 nitrogen and oxygen atoms in total. The standard InChI is InChI=1S/C24H34N6O/c1-25-24-26-12-7-22(28-24)30-15-8-19(9-16-30)17-23(31)27-21-10-13-29(14-11-21)18-20-5-3-2-4-6-20/h2-7,12,19,21H,8-11,13-18H2,1H3,(H,27,31)(H,25,26,28). The summed E-state index contributed by atoms with van der Waals surface area (Å²) < 4.78 is 0. The molecule has 0 saturated carbocycles. The van der Waals surface area contributed by atoms with Crippen molar-refractivity contribution in [1.29, 1.82) is 0 Å². The number of carbonyl (C=O) groups is 1. The number of nitrogens with zero attached hydrogens (tertiary/aromatic N) is 4. The molecule has 2 saturated heterocycles. The molecule has 0 unspecified atom stereocenters. The molecule has 0 spiro atoms. The van der Waals surface area contributed by atoms with E-state index in [4.69, 9.17) is 0 Å². The first kappa shape index (κ1) is 21.6. The zero-order valence-corrected chi connectivity index (χ0v) is 18.5. The minimum absolute atomic E-state index is 0.222. The summed E-state index contributed by atoms with van der Waals surface area (Å²) in [5.74, 6) is 2.29. The van der Waals surface area contributed by atoms with Crippen LogP contribution in [0.25, 0.3) is 0 Å². The van der Waals surface area contributed by atoms with Gasteiger partial charge in [0.25, 0.3) is 0 Å². The lowest BCUT2D eigenvalue weighted by Gasteiger charge is -2.34. The highest BCUT2D eigenvalue weighted by Gasteiger charge is 2.25. The number of carbonyl (C=O) groups excluding carboxylic acids is 1. The van der Waals surface area contributed by atoms with E-state index in [0.29, 0.717) is 24.3 Å². The van der Waals surface area contributed by atoms with Crippen molar-refractivity contribution in [2.24, 2.45) is 5.92 Å². The molecule has 0 aliphatic carbocycles. The van der Waals surface area contributed by atoms with Gasteiger partial charge in [0.1, 0.15) is 5.82 Å². The van der Waals surface area contributed by atoms with Crippen molar-refractivity contribution >= 4 is 17.7 Å². The van der Waals surface area contributed by atoms with Crippen LogP contribution in [0.15, 0.2) is 42.6 Å². The second kappa shape index (κ2) is 10.6. The second-order valence-corrected chi connectivity index (χ2v) is 8.73. The maximum Gasteiger partial charge on any atom is 0.224 e. The first-order valence-corrected chi connectivity index (χ1v) is 11.5. The fourth-order valence-corrected chi connectivity index (χ4v) is 4.64. The van der Waals surface area contributed by atoms with Gasteiger partial charge in [-0.05, 0) is 43.2 Å². The lowest BCUT2D eigenvalue weighted by Crippen LogP contribution is -2.45. The van der Waals surface area contributed by atoms with E-state index in [1.165, 1.54) is 5.56 Å². The number of rotatable bonds is 7. The SMILES string of the molecule is CNc1nccc(N2CCC(CC(=O)NC3CCN(Cc4ccccc4)CC3)CC2)n1. The van der Waals surface area contributed by atoms with Crippen LogP contribution in [0.2, 0.25) is 0 Å². The quantitative estimate of drug-likeness (QED) is 0.715. The third-order valence-corrected chi connectivity index (χ3v) is 6.48. The Labute approximate surface area is 185 Å². The number of aromatic nitrogens is 2. The predicted octanol–water partition coefficient (Wildman–Crippen LogP) is 2.91. The average Bonchev–Trinajstić information content (AvgIpc) is 2.81. The number of likely N-dealkylation sites (tertiary alicyclic amines) is 1. The third-order valence-electron chi connectivity index (χ3n) is 6.48. The van der Waals surface area contributed by atoms with Crippen LogP contribution in [0.3, 0.4) is 0 Å². The Morgan fingerprint density at radius 3 is 2.48 bits per heavy atom. The summed E-state index contributed by atoms with van der Waals surface area (Å²) in [5.41, 5.74) is 1.36. The molecule has 2 N–H and O–H groups in total. The maximum atomic E-state index is 12.6. The van der Waals surface area contributed by atoms with Crippen molar-refractivity contribution in [2.45, 2.75) is 44.7 Å². The van der Waals surface area contributed by atoms with Crippen molar-refractivity contribution in [2.75, 3.05) is 43.4 Å². The van der Waals surface area contributed by atoms with Crippen molar-refractivity contribution in [1.82, 2.24) is 20.2 Å². The van der Waals surface area contributed by atoms with Crippen LogP contribution < -0.4 is 15.5 Å². The summed E-state index contributed by atoms with van der Waals surface area (Å²) in [4.78, 5) is 26.1. The summed E-state index contributed by atoms with van der Waals surface area (Å²) in [5, 5.41) is 6.29. The normalized spacial score (nSPS) is 18.7. The number of piperidine rings is 2. The van der Waals surface area contributed by atoms with Crippen LogP contribution in [-0.4, -0.2) is 60.0 Å². The molecule has 1 aromatic heterocycles. The predicted molar refractivity (Wildman–Crippen MR) is 124 cm³/mol. The van der Waals surface area contributed by atoms with Gasteiger partial charge >= 0.3 is 0 Å². The first-order valence-electron chi connectivity index (χ1n) is 11.5. The zero-order chi connectivity index (χ0) is 21.5. The van der Waals surface area contributed by atoms with Crippen molar-refractivity contribution in [3.8, 4) is 0 Å². The molecule has 1 aromatic carbocycles. The van der Waals surface area contributed by atoms with E-state index >= 15 is 0 Å². The van der Waals surface area contributed by atoms with E-state index in [9.17, 15) is 4.79 Å². The summed E-state index contributed by atoms with van der Waals surface area (Å²) in [6.07, 6.45) is 6.57. The van der Waals surface area contributed by atoms with Gasteiger partial charge in [-0.1, -0.05) is 30.3 Å². The molecule has 2 fully saturated rings. The van der Waals surface area contributed by atoms with Gasteiger partial charge in [-0.15, -0.1) is 0 Å². The molecular formula is C24H34N6O. The Bertz CT molecular complexity index is 829. The van der Waals surface area contributed by atoms with Crippen LogP contribution >= 0.6 is 0 Å². The zero-order valence-electron chi connectivity index (χ0n) is 18.5. The average molecular weight is 423 g/mol. The summed E-state index contributed by atoms with van der Waals surface area (Å²) in [6.45, 7) is 4.98. The van der Waals surface area contributed by atoms with Crippen LogP contribution in [0, 0.1) is 5.92 Å². The topological polar surface area (TPSA) is 73.4 Å².